The Labute approximate surface area is 753 Å². The summed E-state index contributed by atoms with van der Waals surface area (Å²) < 4.78 is 59.4. The van der Waals surface area contributed by atoms with Gasteiger partial charge in [0.2, 0.25) is 0 Å². The molecule has 0 radical (unpaired) electrons. The number of nitrogens with zero attached hydrogens (tertiary/aromatic N) is 19. The van der Waals surface area contributed by atoms with Crippen molar-refractivity contribution in [2.45, 2.75) is 153 Å². The molecule has 680 valence electrons. The maximum Gasteiger partial charge on any atom is 0.417 e. The highest BCUT2D eigenvalue weighted by molar-refractivity contribution is 6.35. The second-order valence-electron chi connectivity index (χ2n) is 33.8. The average molecular weight is 1810 g/mol. The number of benzene rings is 4. The van der Waals surface area contributed by atoms with Gasteiger partial charge in [0.25, 0.3) is 17.7 Å². The minimum Gasteiger partial charge on any atom is -0.443 e. The lowest BCUT2D eigenvalue weighted by atomic mass is 10.0. The molecule has 36 nitrogen and oxygen atoms in total. The van der Waals surface area contributed by atoms with Crippen molar-refractivity contribution in [2.24, 2.45) is 0 Å². The fourth-order valence-electron chi connectivity index (χ4n) is 15.6. The van der Waals surface area contributed by atoms with E-state index in [0.717, 1.165) is 41.1 Å². The number of nitriles is 3. The fourth-order valence-corrected chi connectivity index (χ4v) is 15.9. The number of rotatable bonds is 11. The number of β-amino-alcohol motifs (C(OH)–C–C–N with tert-alkyl or cyclic N) is 4. The fraction of sp³-hybridized carbons (Fsp3) is 0.352. The molecule has 7 aliphatic heterocycles. The highest BCUT2D eigenvalue weighted by Gasteiger charge is 2.42. The summed E-state index contributed by atoms with van der Waals surface area (Å²) in [5.74, 6) is -0.644. The van der Waals surface area contributed by atoms with Gasteiger partial charge in [0.1, 0.15) is 34.5 Å². The quantitative estimate of drug-likeness (QED) is 0.0580. The zero-order valence-electron chi connectivity index (χ0n) is 71.8. The molecule has 131 heavy (non-hydrogen) atoms. The first-order chi connectivity index (χ1) is 62.5. The van der Waals surface area contributed by atoms with Crippen LogP contribution in [0.1, 0.15) is 138 Å². The molecule has 0 saturated carbocycles. The molecule has 14 heterocycles. The molecule has 5 amide bonds. The molecule has 4 aromatic carbocycles. The van der Waals surface area contributed by atoms with Crippen LogP contribution in [0.4, 0.5) is 46.0 Å². The van der Waals surface area contributed by atoms with Crippen LogP contribution in [0.25, 0.3) is 45.1 Å². The van der Waals surface area contributed by atoms with Gasteiger partial charge in [-0.25, -0.2) is 56.9 Å². The van der Waals surface area contributed by atoms with Gasteiger partial charge in [0.05, 0.1) is 200 Å². The molecule has 7 aliphatic rings. The number of pyridine rings is 3. The number of ether oxygens (including phenoxy) is 2. The van der Waals surface area contributed by atoms with Gasteiger partial charge in [-0.05, 0) is 127 Å². The van der Waals surface area contributed by atoms with E-state index in [2.05, 4.69) is 57.9 Å². The largest absolute Gasteiger partial charge is 0.443 e. The Morgan fingerprint density at radius 3 is 1.30 bits per heavy atom. The highest BCUT2D eigenvalue weighted by atomic mass is 35.5. The summed E-state index contributed by atoms with van der Waals surface area (Å²) in [7, 11) is 0. The lowest BCUT2D eigenvalue weighted by Gasteiger charge is -2.33. The number of hydrogen-bond donors (Lipinski definition) is 10. The molecular weight excluding hydrogens is 1720 g/mol. The van der Waals surface area contributed by atoms with E-state index in [0.29, 0.717) is 80.4 Å². The Morgan fingerprint density at radius 1 is 0.473 bits per heavy atom. The number of amides is 5. The zero-order valence-corrected chi connectivity index (χ0v) is 72.6. The van der Waals surface area contributed by atoms with Crippen molar-refractivity contribution in [3.8, 4) is 63.4 Å². The van der Waals surface area contributed by atoms with Gasteiger partial charge in [0.15, 0.2) is 17.5 Å². The Morgan fingerprint density at radius 2 is 0.870 bits per heavy atom. The van der Waals surface area contributed by atoms with E-state index in [1.165, 1.54) is 81.7 Å². The average Bonchev–Trinajstić information content (AvgIpc) is 1.61. The number of anilines is 4. The predicted molar refractivity (Wildman–Crippen MR) is 467 cm³/mol. The number of carbonyl (C=O) groups excluding carboxylic acids is 5. The van der Waals surface area contributed by atoms with E-state index in [4.69, 9.17) is 21.1 Å². The third-order valence-corrected chi connectivity index (χ3v) is 22.5. The third kappa shape index (κ3) is 21.1. The van der Waals surface area contributed by atoms with Crippen LogP contribution in [0.5, 0.6) is 0 Å². The van der Waals surface area contributed by atoms with E-state index in [-0.39, 0.29) is 122 Å². The number of aliphatic hydroxyl groups is 8. The van der Waals surface area contributed by atoms with Gasteiger partial charge in [-0.2, -0.15) is 36.2 Å². The smallest absolute Gasteiger partial charge is 0.417 e. The lowest BCUT2D eigenvalue weighted by molar-refractivity contribution is 0.00784. The number of nitrogens with one attached hydrogen (secondary N) is 2. The molecule has 0 unspecified atom stereocenters. The highest BCUT2D eigenvalue weighted by Crippen LogP contribution is 2.39. The van der Waals surface area contributed by atoms with Crippen molar-refractivity contribution >= 4 is 64.8 Å². The summed E-state index contributed by atoms with van der Waals surface area (Å²) in [6.45, 7) is 14.4. The first-order valence-electron chi connectivity index (χ1n) is 41.9. The van der Waals surface area contributed by atoms with Crippen LogP contribution in [0.15, 0.2) is 152 Å². The maximum absolute atomic E-state index is 15.0. The van der Waals surface area contributed by atoms with Crippen LogP contribution in [-0.4, -0.2) is 247 Å². The Kier molecular flexibility index (Phi) is 28.1. The van der Waals surface area contributed by atoms with Crippen LogP contribution in [-0.2, 0) is 35.7 Å². The molecule has 8 atom stereocenters. The van der Waals surface area contributed by atoms with E-state index in [1.54, 1.807) is 83.2 Å². The van der Waals surface area contributed by atoms with Crippen LogP contribution < -0.4 is 24.9 Å². The van der Waals surface area contributed by atoms with Gasteiger partial charge in [-0.1, -0.05) is 60.1 Å². The third-order valence-electron chi connectivity index (χ3n) is 22.2. The minimum absolute atomic E-state index is 0.00660. The molecule has 7 aromatic heterocycles. The molecule has 0 aliphatic carbocycles. The van der Waals surface area contributed by atoms with Gasteiger partial charge in [-0.3, -0.25) is 24.2 Å². The normalized spacial score (nSPS) is 19.8. The van der Waals surface area contributed by atoms with Gasteiger partial charge in [-0.15, -0.1) is 0 Å². The topological polar surface area (TPSA) is 489 Å². The van der Waals surface area contributed by atoms with Gasteiger partial charge < -0.3 is 75.2 Å². The van der Waals surface area contributed by atoms with E-state index >= 15 is 0 Å². The molecule has 18 rings (SSSR count). The number of piperidine rings is 4. The summed E-state index contributed by atoms with van der Waals surface area (Å²) in [5, 5.41) is 129. The summed E-state index contributed by atoms with van der Waals surface area (Å²) in [6, 6.07) is 40.0. The van der Waals surface area contributed by atoms with Crippen LogP contribution >= 0.6 is 11.6 Å². The molecule has 10 N–H and O–H groups in total. The van der Waals surface area contributed by atoms with Crippen molar-refractivity contribution in [2.75, 3.05) is 72.0 Å². The van der Waals surface area contributed by atoms with E-state index in [9.17, 15) is 93.8 Å². The molecular formula is C91H93ClF3N21O15. The number of carbonyl (C=O) groups is 5. The van der Waals surface area contributed by atoms with Crippen molar-refractivity contribution < 1.29 is 87.5 Å². The van der Waals surface area contributed by atoms with Crippen LogP contribution in [0.3, 0.4) is 0 Å². The number of halogens is 4. The SMILES string of the molecule is CC(C)(C)OC(=O)N1Cc2nc(-c3c(F)cccc3C#N)cc(-n3ccc(N4CC[C@@H](O)[C@@H](O)C4)n3)c2C1=O.CC(C)(C)OC(=O)N1Cc2nc(-c3c(F)cccc3C#N)cc(Cl)c2C1=O.N#Cc1cccc(F)c1-c1cc(-n2ccc(N3CC[C@@H](O)[C@@H](O)C3)n2)c2c(n1)CNC2=O.O[C@@H]1CCN(c2ccn(Cc3ccccc3)n2)C[C@@H]1O.O[C@@H]1CCN(c2ccn[nH]2)C[C@@H]1O. The first-order valence-corrected chi connectivity index (χ1v) is 42.3. The number of aromatic nitrogens is 11. The molecule has 4 fully saturated rings. The second-order valence-corrected chi connectivity index (χ2v) is 34.2. The number of imide groups is 2. The second kappa shape index (κ2) is 39.5. The zero-order chi connectivity index (χ0) is 93.6. The lowest BCUT2D eigenvalue weighted by Crippen LogP contribution is -2.46. The van der Waals surface area contributed by atoms with Crippen molar-refractivity contribution in [3.63, 3.8) is 0 Å². The number of aliphatic hydroxyl groups excluding tert-OH is 8. The molecule has 11 aromatic rings. The van der Waals surface area contributed by atoms with E-state index in [1.807, 2.05) is 74.1 Å². The minimum atomic E-state index is -0.935. The molecule has 0 bridgehead atoms. The van der Waals surface area contributed by atoms with Crippen LogP contribution in [0, 0.1) is 51.4 Å². The number of hydrogen-bond acceptors (Lipinski definition) is 29. The molecule has 4 saturated heterocycles. The number of H-pyrrole nitrogens is 1. The van der Waals surface area contributed by atoms with Crippen LogP contribution in [0.2, 0.25) is 5.02 Å². The van der Waals surface area contributed by atoms with Gasteiger partial charge >= 0.3 is 12.2 Å². The monoisotopic (exact) mass is 1810 g/mol. The Balaban J connectivity index is 0.000000137. The first kappa shape index (κ1) is 93.1. The molecule has 40 heteroatoms. The summed E-state index contributed by atoms with van der Waals surface area (Å²) >= 11 is 6.23. The summed E-state index contributed by atoms with van der Waals surface area (Å²) in [5.41, 5.74) is 2.40. The van der Waals surface area contributed by atoms with Crippen molar-refractivity contribution in [1.82, 2.24) is 69.6 Å². The maximum atomic E-state index is 15.0. The summed E-state index contributed by atoms with van der Waals surface area (Å²) in [4.78, 5) is 86.4. The molecule has 0 spiro atoms. The Bertz CT molecular complexity index is 6230. The van der Waals surface area contributed by atoms with Crippen molar-refractivity contribution in [3.05, 3.63) is 231 Å². The number of aromatic amines is 1. The Hall–Kier alpha value is -14.1. The summed E-state index contributed by atoms with van der Waals surface area (Å²) in [6.07, 6.45) is 1.24. The number of fused-ring (bicyclic) bond motifs is 3. The standard InChI is InChI=1S/C27H27FN6O5.C22H19FN6O3.C19H15ClFN3O3.C15H19N3O2.C8H13N3O2/c1-27(2,3)39-26(38)33-13-18-24(25(33)37)19(11-17(30-18)23-15(12-29)5-4-6-16(23)28)34-10-8-22(31-34)32-9-7-20(35)21(36)14-32;23-13-3-1-2-12(9-24)20(13)14-8-16(21-15(26-14)10-25-22(21)32)29-7-5-19(27-29)28-6-4-17(30)18(31)11-28;1-19(2,3)27-18(26)24-9-14-16(17(24)25)11(20)7-13(23-14)15-10(8-22)5-4-6-12(15)21;19-13-6-8-17(11-14(13)20)15-7-9-18(16-15)10-12-4-2-1-3-5-12;12-6-2-4-11(5-7(6)13)8-1-3-9-10-8/h4-6,8,10-11,20-21,35-36H,7,9,13-14H2,1-3H3;1-3,5,7-8,17-18,30-31H,4,6,10-11H2,(H,25,32);4-7H,9H2,1-3H3;1-5,7,9,13-14,19-20H,6,8,10-11H2;1,3,6-7,12-13H,2,4-5H2,(H,9,10)/t20-,21+;17-,18+;;13-,14+;6-,7+/m11.11/s1. The van der Waals surface area contributed by atoms with Crippen molar-refractivity contribution in [1.29, 1.82) is 15.8 Å². The van der Waals surface area contributed by atoms with Gasteiger partial charge in [0, 0.05) is 95.2 Å². The predicted octanol–water partition coefficient (Wildman–Crippen LogP) is 8.40. The van der Waals surface area contributed by atoms with E-state index < -0.39 is 101 Å².